The minimum Gasteiger partial charge on any atom is -0.466 e. The number of hydrogen-bond acceptors (Lipinski definition) is 10. The summed E-state index contributed by atoms with van der Waals surface area (Å²) >= 11 is 1.09. The molecule has 0 saturated carbocycles. The lowest BCUT2D eigenvalue weighted by atomic mass is 9.90. The normalized spacial score (nSPS) is 26.2. The number of benzene rings is 2. The molecule has 4 rings (SSSR count). The van der Waals surface area contributed by atoms with Crippen molar-refractivity contribution >= 4 is 29.8 Å². The van der Waals surface area contributed by atoms with Crippen LogP contribution >= 0.6 is 11.8 Å². The first-order chi connectivity index (χ1) is 17.8. The number of amides is 1. The number of methoxy groups -OCH3 is 1. The number of alkyl carbamates (subject to hydrolysis) is 1. The van der Waals surface area contributed by atoms with E-state index in [1.807, 2.05) is 48.5 Å². The lowest BCUT2D eigenvalue weighted by Gasteiger charge is -2.45. The monoisotopic (exact) mass is 531 g/mol. The van der Waals surface area contributed by atoms with E-state index in [0.717, 1.165) is 17.3 Å². The van der Waals surface area contributed by atoms with Crippen LogP contribution in [0.4, 0.5) is 4.79 Å². The van der Waals surface area contributed by atoms with Crippen molar-refractivity contribution in [2.75, 3.05) is 13.7 Å². The quantitative estimate of drug-likeness (QED) is 0.348. The van der Waals surface area contributed by atoms with Crippen LogP contribution in [-0.2, 0) is 39.9 Å². The zero-order chi connectivity index (χ0) is 26.4. The van der Waals surface area contributed by atoms with Crippen LogP contribution in [0.2, 0.25) is 0 Å². The standard InChI is InChI=1S/C26H29NO9S/c1-16(28)34-22(19(29)15-33-14-17-9-5-3-6-10-17)23-21-20(35-25(31)27-21)13-26(36-23,24(30)32-2)37-18-11-7-4-8-12-18/h3-12,19-23,29H,13-15H2,1-2H3,(H,27,31)/t19-,20+,21-,22-,23-,26-/m1/s1. The second-order valence-electron chi connectivity index (χ2n) is 8.70. The molecule has 2 fully saturated rings. The molecule has 11 heteroatoms. The Labute approximate surface area is 218 Å². The topological polar surface area (TPSA) is 130 Å². The van der Waals surface area contributed by atoms with Crippen molar-refractivity contribution in [3.05, 3.63) is 66.2 Å². The van der Waals surface area contributed by atoms with Crippen molar-refractivity contribution in [2.24, 2.45) is 0 Å². The van der Waals surface area contributed by atoms with Gasteiger partial charge in [-0.2, -0.15) is 0 Å². The number of aliphatic hydroxyl groups is 1. The largest absolute Gasteiger partial charge is 0.466 e. The number of rotatable bonds is 10. The fourth-order valence-electron chi connectivity index (χ4n) is 4.41. The first-order valence-electron chi connectivity index (χ1n) is 11.8. The summed E-state index contributed by atoms with van der Waals surface area (Å²) in [5.41, 5.74) is 0.896. The van der Waals surface area contributed by atoms with Crippen molar-refractivity contribution in [1.29, 1.82) is 0 Å². The SMILES string of the molecule is COC(=O)[C@]1(Sc2ccccc2)C[C@@H]2OC(=O)N[C@H]2[C@H]([C@H](OC(C)=O)[C@H](O)COCc2ccccc2)O1. The fourth-order valence-corrected chi connectivity index (χ4v) is 5.66. The smallest absolute Gasteiger partial charge is 0.407 e. The Kier molecular flexibility index (Phi) is 8.70. The molecule has 2 aliphatic heterocycles. The molecule has 0 spiro atoms. The van der Waals surface area contributed by atoms with E-state index in [2.05, 4.69) is 5.32 Å². The average Bonchev–Trinajstić information content (AvgIpc) is 3.27. The Bertz CT molecular complexity index is 1090. The number of thioether (sulfide) groups is 1. The molecule has 2 N–H and O–H groups in total. The van der Waals surface area contributed by atoms with Gasteiger partial charge in [0.15, 0.2) is 6.10 Å². The summed E-state index contributed by atoms with van der Waals surface area (Å²) < 4.78 is 28.0. The van der Waals surface area contributed by atoms with Crippen molar-refractivity contribution in [3.8, 4) is 0 Å². The van der Waals surface area contributed by atoms with E-state index < -0.39 is 53.4 Å². The molecule has 10 nitrogen and oxygen atoms in total. The van der Waals surface area contributed by atoms with Gasteiger partial charge < -0.3 is 34.1 Å². The summed E-state index contributed by atoms with van der Waals surface area (Å²) in [5, 5.41) is 13.7. The Hall–Kier alpha value is -3.12. The third kappa shape index (κ3) is 6.42. The number of fused-ring (bicyclic) bond motifs is 1. The van der Waals surface area contributed by atoms with Crippen LogP contribution in [0, 0.1) is 0 Å². The molecule has 37 heavy (non-hydrogen) atoms. The molecule has 6 atom stereocenters. The lowest BCUT2D eigenvalue weighted by molar-refractivity contribution is -0.209. The van der Waals surface area contributed by atoms with E-state index in [9.17, 15) is 19.5 Å². The summed E-state index contributed by atoms with van der Waals surface area (Å²) in [7, 11) is 1.23. The third-order valence-corrected chi connectivity index (χ3v) is 7.29. The van der Waals surface area contributed by atoms with Crippen molar-refractivity contribution < 1.29 is 43.2 Å². The molecule has 0 aromatic heterocycles. The van der Waals surface area contributed by atoms with Crippen LogP contribution in [-0.4, -0.2) is 72.2 Å². The first-order valence-corrected chi connectivity index (χ1v) is 12.6. The molecule has 2 heterocycles. The molecule has 0 radical (unpaired) electrons. The first kappa shape index (κ1) is 26.9. The Balaban J connectivity index is 1.61. The highest BCUT2D eigenvalue weighted by molar-refractivity contribution is 8.01. The highest BCUT2D eigenvalue weighted by Gasteiger charge is 2.60. The summed E-state index contributed by atoms with van der Waals surface area (Å²) in [5.74, 6) is -1.38. The van der Waals surface area contributed by atoms with E-state index in [4.69, 9.17) is 23.7 Å². The van der Waals surface area contributed by atoms with Crippen LogP contribution < -0.4 is 5.32 Å². The summed E-state index contributed by atoms with van der Waals surface area (Å²) in [6, 6.07) is 17.6. The number of nitrogens with one attached hydrogen (secondary N) is 1. The van der Waals surface area contributed by atoms with Gasteiger partial charge in [-0.3, -0.25) is 4.79 Å². The summed E-state index contributed by atoms with van der Waals surface area (Å²) in [4.78, 5) is 36.4. The lowest BCUT2D eigenvalue weighted by Crippen LogP contribution is -2.64. The molecule has 198 valence electrons. The van der Waals surface area contributed by atoms with Gasteiger partial charge >= 0.3 is 18.0 Å². The zero-order valence-electron chi connectivity index (χ0n) is 20.4. The van der Waals surface area contributed by atoms with Crippen LogP contribution in [0.15, 0.2) is 65.6 Å². The van der Waals surface area contributed by atoms with Gasteiger partial charge in [-0.15, -0.1) is 0 Å². The van der Waals surface area contributed by atoms with E-state index in [1.165, 1.54) is 14.0 Å². The molecule has 2 aliphatic rings. The molecule has 1 amide bonds. The van der Waals surface area contributed by atoms with Crippen LogP contribution in [0.1, 0.15) is 18.9 Å². The number of carbonyl (C=O) groups is 3. The van der Waals surface area contributed by atoms with Crippen LogP contribution in [0.5, 0.6) is 0 Å². The molecular formula is C26H29NO9S. The van der Waals surface area contributed by atoms with Crippen molar-refractivity contribution in [2.45, 2.75) is 60.2 Å². The molecule has 2 aromatic rings. The number of aliphatic hydroxyl groups excluding tert-OH is 1. The van der Waals surface area contributed by atoms with E-state index >= 15 is 0 Å². The van der Waals surface area contributed by atoms with Gasteiger partial charge in [0.25, 0.3) is 0 Å². The van der Waals surface area contributed by atoms with Gasteiger partial charge in [0.05, 0.1) is 26.4 Å². The second-order valence-corrected chi connectivity index (χ2v) is 10.0. The maximum Gasteiger partial charge on any atom is 0.407 e. The molecule has 2 saturated heterocycles. The van der Waals surface area contributed by atoms with Gasteiger partial charge in [0.2, 0.25) is 4.93 Å². The highest BCUT2D eigenvalue weighted by atomic mass is 32.2. The third-order valence-electron chi connectivity index (χ3n) is 6.02. The molecule has 2 aromatic carbocycles. The molecular weight excluding hydrogens is 502 g/mol. The summed E-state index contributed by atoms with van der Waals surface area (Å²) in [6.07, 6.45) is -5.32. The molecule has 0 unspecified atom stereocenters. The zero-order valence-corrected chi connectivity index (χ0v) is 21.2. The van der Waals surface area contributed by atoms with Gasteiger partial charge in [0, 0.05) is 18.2 Å². The predicted molar refractivity (Wildman–Crippen MR) is 131 cm³/mol. The predicted octanol–water partition coefficient (Wildman–Crippen LogP) is 2.42. The van der Waals surface area contributed by atoms with E-state index in [-0.39, 0.29) is 19.6 Å². The Morgan fingerprint density at radius 1 is 1.16 bits per heavy atom. The Morgan fingerprint density at radius 2 is 1.84 bits per heavy atom. The highest BCUT2D eigenvalue weighted by Crippen LogP contribution is 2.46. The Morgan fingerprint density at radius 3 is 2.49 bits per heavy atom. The van der Waals surface area contributed by atoms with Crippen LogP contribution in [0.3, 0.4) is 0 Å². The van der Waals surface area contributed by atoms with Gasteiger partial charge in [-0.05, 0) is 17.7 Å². The number of esters is 2. The minimum atomic E-state index is -1.64. The maximum absolute atomic E-state index is 13.1. The average molecular weight is 532 g/mol. The van der Waals surface area contributed by atoms with E-state index in [1.54, 1.807) is 12.1 Å². The molecule has 0 bridgehead atoms. The number of ether oxygens (including phenoxy) is 5. The van der Waals surface area contributed by atoms with Gasteiger partial charge in [0.1, 0.15) is 18.3 Å². The van der Waals surface area contributed by atoms with Gasteiger partial charge in [-0.25, -0.2) is 9.59 Å². The second kappa shape index (κ2) is 12.0. The summed E-state index contributed by atoms with van der Waals surface area (Å²) in [6.45, 7) is 1.22. The minimum absolute atomic E-state index is 0.0213. The van der Waals surface area contributed by atoms with E-state index in [0.29, 0.717) is 4.90 Å². The van der Waals surface area contributed by atoms with Crippen molar-refractivity contribution in [3.63, 3.8) is 0 Å². The van der Waals surface area contributed by atoms with Gasteiger partial charge in [-0.1, -0.05) is 60.3 Å². The maximum atomic E-state index is 13.1. The fraction of sp³-hybridized carbons (Fsp3) is 0.423. The van der Waals surface area contributed by atoms with Crippen LogP contribution in [0.25, 0.3) is 0 Å². The van der Waals surface area contributed by atoms with Crippen molar-refractivity contribution in [1.82, 2.24) is 5.32 Å². The molecule has 0 aliphatic carbocycles. The number of hydrogen-bond donors (Lipinski definition) is 2. The number of carbonyl (C=O) groups excluding carboxylic acids is 3.